The van der Waals surface area contributed by atoms with E-state index < -0.39 is 0 Å². The van der Waals surface area contributed by atoms with E-state index in [1.165, 1.54) is 5.56 Å². The van der Waals surface area contributed by atoms with Gasteiger partial charge in [0.2, 0.25) is 0 Å². The first-order valence-corrected chi connectivity index (χ1v) is 10.9. The Morgan fingerprint density at radius 1 is 1.13 bits per heavy atom. The second kappa shape index (κ2) is 8.00. The van der Waals surface area contributed by atoms with E-state index in [1.54, 1.807) is 16.2 Å². The number of carbonyl (C=O) groups is 1. The molecule has 0 bridgehead atoms. The summed E-state index contributed by atoms with van der Waals surface area (Å²) in [5.41, 5.74) is 5.54. The fourth-order valence-corrected chi connectivity index (χ4v) is 4.55. The Hall–Kier alpha value is -3.45. The highest BCUT2D eigenvalue weighted by Gasteiger charge is 2.28. The van der Waals surface area contributed by atoms with Gasteiger partial charge in [0.25, 0.3) is 5.91 Å². The van der Waals surface area contributed by atoms with Crippen LogP contribution in [0, 0.1) is 13.8 Å². The number of anilines is 1. The van der Waals surface area contributed by atoms with Crippen LogP contribution in [0.15, 0.2) is 58.4 Å². The molecule has 6 nitrogen and oxygen atoms in total. The predicted molar refractivity (Wildman–Crippen MR) is 119 cm³/mol. The maximum absolute atomic E-state index is 12.7. The lowest BCUT2D eigenvalue weighted by Crippen LogP contribution is -2.38. The molecule has 31 heavy (non-hydrogen) atoms. The number of amides is 1. The molecular weight excluding hydrogens is 410 g/mol. The fourth-order valence-electron chi connectivity index (χ4n) is 3.72. The first kappa shape index (κ1) is 19.5. The fraction of sp³-hybridized carbons (Fsp3) is 0.208. The number of ether oxygens (including phenoxy) is 1. The van der Waals surface area contributed by atoms with Crippen LogP contribution in [0.3, 0.4) is 0 Å². The standard InChI is InChI=1S/C24H21N3O3S/c1-15-19(16(2)30-26-15)12-27-21-11-18(8-9-22(21)29-13-24(27)28)20-14-31-23(25-20)10-17-6-4-3-5-7-17/h3-9,11,14H,10,12-13H2,1-2H3. The van der Waals surface area contributed by atoms with Gasteiger partial charge < -0.3 is 14.2 Å². The van der Waals surface area contributed by atoms with Gasteiger partial charge in [-0.1, -0.05) is 35.5 Å². The summed E-state index contributed by atoms with van der Waals surface area (Å²) in [6.45, 7) is 4.17. The lowest BCUT2D eigenvalue weighted by molar-refractivity contribution is -0.121. The first-order chi connectivity index (χ1) is 15.1. The predicted octanol–water partition coefficient (Wildman–Crippen LogP) is 4.93. The number of rotatable bonds is 5. The molecule has 0 saturated heterocycles. The van der Waals surface area contributed by atoms with Crippen LogP contribution < -0.4 is 9.64 Å². The van der Waals surface area contributed by atoms with Gasteiger partial charge in [0.05, 0.1) is 28.6 Å². The van der Waals surface area contributed by atoms with Crippen molar-refractivity contribution < 1.29 is 14.1 Å². The van der Waals surface area contributed by atoms with Crippen molar-refractivity contribution in [1.82, 2.24) is 10.1 Å². The number of aryl methyl sites for hydroxylation is 2. The Morgan fingerprint density at radius 2 is 1.97 bits per heavy atom. The van der Waals surface area contributed by atoms with Gasteiger partial charge in [-0.25, -0.2) is 4.98 Å². The van der Waals surface area contributed by atoms with Crippen molar-refractivity contribution in [2.45, 2.75) is 26.8 Å². The molecule has 0 N–H and O–H groups in total. The Bertz CT molecular complexity index is 1230. The van der Waals surface area contributed by atoms with Crippen LogP contribution >= 0.6 is 11.3 Å². The zero-order chi connectivity index (χ0) is 21.4. The number of nitrogens with zero attached hydrogens (tertiary/aromatic N) is 3. The van der Waals surface area contributed by atoms with Gasteiger partial charge in [-0.3, -0.25) is 4.79 Å². The summed E-state index contributed by atoms with van der Waals surface area (Å²) in [7, 11) is 0. The van der Waals surface area contributed by atoms with E-state index in [-0.39, 0.29) is 12.5 Å². The van der Waals surface area contributed by atoms with Crippen molar-refractivity contribution in [2.75, 3.05) is 11.5 Å². The van der Waals surface area contributed by atoms with Gasteiger partial charge in [-0.05, 0) is 37.6 Å². The summed E-state index contributed by atoms with van der Waals surface area (Å²) in [5.74, 6) is 1.32. The van der Waals surface area contributed by atoms with Crippen LogP contribution in [0.5, 0.6) is 5.75 Å². The summed E-state index contributed by atoms with van der Waals surface area (Å²) in [4.78, 5) is 19.3. The van der Waals surface area contributed by atoms with Gasteiger partial charge in [-0.2, -0.15) is 0 Å². The molecule has 1 amide bonds. The molecule has 2 aromatic heterocycles. The summed E-state index contributed by atoms with van der Waals surface area (Å²) < 4.78 is 10.9. The molecule has 0 aliphatic carbocycles. The van der Waals surface area contributed by atoms with Gasteiger partial charge in [0.15, 0.2) is 6.61 Å². The number of carbonyl (C=O) groups excluding carboxylic acids is 1. The summed E-state index contributed by atoms with van der Waals surface area (Å²) in [6, 6.07) is 16.2. The van der Waals surface area contributed by atoms with Crippen molar-refractivity contribution in [3.8, 4) is 17.0 Å². The van der Waals surface area contributed by atoms with E-state index in [0.717, 1.165) is 45.4 Å². The third-order valence-electron chi connectivity index (χ3n) is 5.45. The van der Waals surface area contributed by atoms with Gasteiger partial charge in [0.1, 0.15) is 11.5 Å². The molecule has 1 aliphatic rings. The van der Waals surface area contributed by atoms with Crippen molar-refractivity contribution in [3.63, 3.8) is 0 Å². The molecule has 0 fully saturated rings. The molecule has 0 saturated carbocycles. The highest BCUT2D eigenvalue weighted by atomic mass is 32.1. The third kappa shape index (κ3) is 3.84. The number of fused-ring (bicyclic) bond motifs is 1. The zero-order valence-corrected chi connectivity index (χ0v) is 18.1. The average Bonchev–Trinajstić information content (AvgIpc) is 3.37. The number of hydrogen-bond acceptors (Lipinski definition) is 6. The first-order valence-electron chi connectivity index (χ1n) is 10.1. The van der Waals surface area contributed by atoms with Crippen molar-refractivity contribution in [3.05, 3.63) is 81.5 Å². The molecule has 0 unspecified atom stereocenters. The Morgan fingerprint density at radius 3 is 2.74 bits per heavy atom. The van der Waals surface area contributed by atoms with Gasteiger partial charge >= 0.3 is 0 Å². The lowest BCUT2D eigenvalue weighted by Gasteiger charge is -2.29. The molecule has 7 heteroatoms. The van der Waals surface area contributed by atoms with E-state index >= 15 is 0 Å². The van der Waals surface area contributed by atoms with E-state index in [0.29, 0.717) is 12.3 Å². The smallest absolute Gasteiger partial charge is 0.265 e. The maximum atomic E-state index is 12.7. The van der Waals surface area contributed by atoms with Crippen LogP contribution in [0.2, 0.25) is 0 Å². The Kier molecular flexibility index (Phi) is 5.03. The minimum absolute atomic E-state index is 0.0215. The summed E-state index contributed by atoms with van der Waals surface area (Å²) in [6.07, 6.45) is 0.802. The van der Waals surface area contributed by atoms with Crippen LogP contribution in [0.25, 0.3) is 11.3 Å². The van der Waals surface area contributed by atoms with Crippen LogP contribution in [0.1, 0.15) is 27.6 Å². The van der Waals surface area contributed by atoms with Crippen molar-refractivity contribution in [1.29, 1.82) is 0 Å². The normalized spacial score (nSPS) is 13.2. The average molecular weight is 432 g/mol. The second-order valence-corrected chi connectivity index (χ2v) is 8.49. The number of hydrogen-bond donors (Lipinski definition) is 0. The van der Waals surface area contributed by atoms with E-state index in [4.69, 9.17) is 14.2 Å². The molecule has 2 aromatic carbocycles. The number of benzene rings is 2. The highest BCUT2D eigenvalue weighted by molar-refractivity contribution is 7.10. The maximum Gasteiger partial charge on any atom is 0.265 e. The third-order valence-corrected chi connectivity index (χ3v) is 6.29. The summed E-state index contributed by atoms with van der Waals surface area (Å²) in [5, 5.41) is 7.13. The summed E-state index contributed by atoms with van der Waals surface area (Å²) >= 11 is 1.64. The largest absolute Gasteiger partial charge is 0.482 e. The minimum atomic E-state index is -0.0901. The quantitative estimate of drug-likeness (QED) is 0.448. The molecule has 0 radical (unpaired) electrons. The van der Waals surface area contributed by atoms with E-state index in [9.17, 15) is 4.79 Å². The molecule has 156 valence electrons. The van der Waals surface area contributed by atoms with Crippen LogP contribution in [-0.4, -0.2) is 22.7 Å². The molecule has 1 aliphatic heterocycles. The SMILES string of the molecule is Cc1noc(C)c1CN1C(=O)COc2ccc(-c3csc(Cc4ccccc4)n3)cc21. The molecule has 0 atom stereocenters. The van der Waals surface area contributed by atoms with E-state index in [1.807, 2.05) is 50.2 Å². The second-order valence-electron chi connectivity index (χ2n) is 7.54. The highest BCUT2D eigenvalue weighted by Crippen LogP contribution is 2.37. The molecular formula is C24H21N3O3S. The van der Waals surface area contributed by atoms with Gasteiger partial charge in [0, 0.05) is 22.9 Å². The molecule has 3 heterocycles. The van der Waals surface area contributed by atoms with E-state index in [2.05, 4.69) is 22.7 Å². The Balaban J connectivity index is 1.45. The molecule has 4 aromatic rings. The molecule has 0 spiro atoms. The monoisotopic (exact) mass is 431 g/mol. The minimum Gasteiger partial charge on any atom is -0.482 e. The zero-order valence-electron chi connectivity index (χ0n) is 17.3. The van der Waals surface area contributed by atoms with Crippen molar-refractivity contribution in [2.24, 2.45) is 0 Å². The number of thiazole rings is 1. The van der Waals surface area contributed by atoms with Crippen molar-refractivity contribution >= 4 is 22.9 Å². The van der Waals surface area contributed by atoms with Crippen LogP contribution in [-0.2, 0) is 17.8 Å². The van der Waals surface area contributed by atoms with Gasteiger partial charge in [-0.15, -0.1) is 11.3 Å². The van der Waals surface area contributed by atoms with Crippen LogP contribution in [0.4, 0.5) is 5.69 Å². The molecule has 5 rings (SSSR count). The topological polar surface area (TPSA) is 68.5 Å². The lowest BCUT2D eigenvalue weighted by atomic mass is 10.1. The Labute approximate surface area is 184 Å². The number of aromatic nitrogens is 2.